The van der Waals surface area contributed by atoms with Crippen LogP contribution in [0.1, 0.15) is 41.9 Å². The minimum Gasteiger partial charge on any atom is -0.391 e. The average Bonchev–Trinajstić information content (AvgIpc) is 2.97. The van der Waals surface area contributed by atoms with Crippen molar-refractivity contribution >= 4 is 27.5 Å². The highest BCUT2D eigenvalue weighted by Gasteiger charge is 2.22. The van der Waals surface area contributed by atoms with Crippen LogP contribution in [-0.2, 0) is 0 Å². The number of hydrogen-bond donors (Lipinski definition) is 2. The van der Waals surface area contributed by atoms with Crippen molar-refractivity contribution in [3.05, 3.63) is 29.3 Å². The van der Waals surface area contributed by atoms with Gasteiger partial charge in [0.05, 0.1) is 16.3 Å². The summed E-state index contributed by atoms with van der Waals surface area (Å²) < 4.78 is 1.01. The summed E-state index contributed by atoms with van der Waals surface area (Å²) in [5, 5.41) is 13.5. The Labute approximate surface area is 128 Å². The van der Waals surface area contributed by atoms with Crippen molar-refractivity contribution in [2.24, 2.45) is 5.92 Å². The maximum atomic E-state index is 12.1. The normalized spacial score (nSPS) is 17.8. The molecule has 2 N–H and O–H groups in total. The summed E-state index contributed by atoms with van der Waals surface area (Å²) in [5.41, 5.74) is 0.848. The van der Waals surface area contributed by atoms with Gasteiger partial charge in [-0.1, -0.05) is 31.4 Å². The van der Waals surface area contributed by atoms with E-state index in [9.17, 15) is 9.90 Å². The van der Waals surface area contributed by atoms with E-state index in [-0.39, 0.29) is 5.91 Å². The molecule has 0 aliphatic heterocycles. The molecule has 1 fully saturated rings. The summed E-state index contributed by atoms with van der Waals surface area (Å²) in [5.74, 6) is 0.139. The number of nitrogens with zero attached hydrogens (tertiary/aromatic N) is 1. The monoisotopic (exact) mass is 304 g/mol. The van der Waals surface area contributed by atoms with Crippen LogP contribution in [0.15, 0.2) is 24.3 Å². The molecule has 4 nitrogen and oxygen atoms in total. The number of carbonyl (C=O) groups is 1. The van der Waals surface area contributed by atoms with Gasteiger partial charge in [0, 0.05) is 6.54 Å². The van der Waals surface area contributed by atoms with Gasteiger partial charge >= 0.3 is 0 Å². The molecule has 3 rings (SSSR count). The number of rotatable bonds is 4. The van der Waals surface area contributed by atoms with Crippen LogP contribution in [0.25, 0.3) is 10.2 Å². The zero-order chi connectivity index (χ0) is 14.7. The molecule has 2 aromatic rings. The smallest absolute Gasteiger partial charge is 0.280 e. The molecule has 1 aliphatic rings. The largest absolute Gasteiger partial charge is 0.391 e. The summed E-state index contributed by atoms with van der Waals surface area (Å²) in [7, 11) is 0. The summed E-state index contributed by atoms with van der Waals surface area (Å²) in [6, 6.07) is 7.71. The minimum atomic E-state index is -0.441. The number of para-hydroxylation sites is 1. The molecule has 0 unspecified atom stereocenters. The first-order valence-electron chi connectivity index (χ1n) is 7.56. The molecule has 1 aliphatic carbocycles. The SMILES string of the molecule is O=C(NC[C@@H](O)C1CCCCC1)c1nc2ccccc2s1. The molecule has 1 aromatic heterocycles. The van der Waals surface area contributed by atoms with Crippen molar-refractivity contribution in [2.45, 2.75) is 38.2 Å². The average molecular weight is 304 g/mol. The van der Waals surface area contributed by atoms with E-state index in [0.717, 1.165) is 23.1 Å². The standard InChI is InChI=1S/C16H20N2O2S/c19-13(11-6-2-1-3-7-11)10-17-15(20)16-18-12-8-4-5-9-14(12)21-16/h4-5,8-9,11,13,19H,1-3,6-7,10H2,(H,17,20)/t13-/m1/s1. The quantitative estimate of drug-likeness (QED) is 0.913. The fraction of sp³-hybridized carbons (Fsp3) is 0.500. The van der Waals surface area contributed by atoms with Crippen LogP contribution in [0.3, 0.4) is 0 Å². The molecule has 1 atom stereocenters. The highest BCUT2D eigenvalue weighted by Crippen LogP contribution is 2.26. The molecule has 1 heterocycles. The van der Waals surface area contributed by atoms with E-state index in [1.165, 1.54) is 30.6 Å². The number of aliphatic hydroxyl groups excluding tert-OH is 1. The number of hydrogen-bond acceptors (Lipinski definition) is 4. The topological polar surface area (TPSA) is 62.2 Å². The molecule has 1 amide bonds. The summed E-state index contributed by atoms with van der Waals surface area (Å²) in [6.45, 7) is 0.319. The third-order valence-electron chi connectivity index (χ3n) is 4.15. The van der Waals surface area contributed by atoms with Gasteiger partial charge in [0.15, 0.2) is 5.01 Å². The van der Waals surface area contributed by atoms with Gasteiger partial charge in [0.1, 0.15) is 0 Å². The first-order chi connectivity index (χ1) is 10.2. The lowest BCUT2D eigenvalue weighted by Crippen LogP contribution is -2.37. The van der Waals surface area contributed by atoms with Gasteiger partial charge in [-0.2, -0.15) is 0 Å². The van der Waals surface area contributed by atoms with Crippen molar-refractivity contribution in [1.82, 2.24) is 10.3 Å². The lowest BCUT2D eigenvalue weighted by molar-refractivity contribution is 0.0738. The summed E-state index contributed by atoms with van der Waals surface area (Å²) >= 11 is 1.39. The van der Waals surface area contributed by atoms with Crippen LogP contribution in [0, 0.1) is 5.92 Å². The van der Waals surface area contributed by atoms with Gasteiger partial charge in [-0.3, -0.25) is 4.79 Å². The highest BCUT2D eigenvalue weighted by molar-refractivity contribution is 7.20. The maximum Gasteiger partial charge on any atom is 0.280 e. The fourth-order valence-electron chi connectivity index (χ4n) is 2.93. The lowest BCUT2D eigenvalue weighted by atomic mass is 9.85. The number of aromatic nitrogens is 1. The Bertz CT molecular complexity index is 587. The molecule has 0 saturated heterocycles. The van der Waals surface area contributed by atoms with Crippen LogP contribution in [-0.4, -0.2) is 28.6 Å². The number of benzene rings is 1. The Morgan fingerprint density at radius 2 is 2.10 bits per heavy atom. The molecular weight excluding hydrogens is 284 g/mol. The van der Waals surface area contributed by atoms with Crippen molar-refractivity contribution < 1.29 is 9.90 Å². The predicted octanol–water partition coefficient (Wildman–Crippen LogP) is 2.97. The van der Waals surface area contributed by atoms with Gasteiger partial charge in [-0.05, 0) is 30.9 Å². The van der Waals surface area contributed by atoms with Gasteiger partial charge in [0.25, 0.3) is 5.91 Å². The maximum absolute atomic E-state index is 12.1. The third kappa shape index (κ3) is 3.41. The number of aliphatic hydroxyl groups is 1. The molecule has 1 aromatic carbocycles. The number of thiazole rings is 1. The van der Waals surface area contributed by atoms with Gasteiger partial charge in [-0.15, -0.1) is 11.3 Å². The Hall–Kier alpha value is -1.46. The molecule has 21 heavy (non-hydrogen) atoms. The zero-order valence-corrected chi connectivity index (χ0v) is 12.7. The van der Waals surface area contributed by atoms with Gasteiger partial charge in [0.2, 0.25) is 0 Å². The fourth-order valence-corrected chi connectivity index (χ4v) is 3.81. The van der Waals surface area contributed by atoms with E-state index in [2.05, 4.69) is 10.3 Å². The van der Waals surface area contributed by atoms with Gasteiger partial charge < -0.3 is 10.4 Å². The van der Waals surface area contributed by atoms with Crippen LogP contribution in [0.4, 0.5) is 0 Å². The van der Waals surface area contributed by atoms with Crippen molar-refractivity contribution in [3.63, 3.8) is 0 Å². The van der Waals surface area contributed by atoms with Crippen LogP contribution in [0.2, 0.25) is 0 Å². The molecule has 0 bridgehead atoms. The molecule has 112 valence electrons. The number of fused-ring (bicyclic) bond motifs is 1. The number of nitrogens with one attached hydrogen (secondary N) is 1. The Kier molecular flexibility index (Phi) is 4.51. The molecule has 0 radical (unpaired) electrons. The predicted molar refractivity (Wildman–Crippen MR) is 84.5 cm³/mol. The molecule has 5 heteroatoms. The van der Waals surface area contributed by atoms with Crippen molar-refractivity contribution in [2.75, 3.05) is 6.54 Å². The van der Waals surface area contributed by atoms with Crippen molar-refractivity contribution in [1.29, 1.82) is 0 Å². The first kappa shape index (κ1) is 14.5. The molecular formula is C16H20N2O2S. The Balaban J connectivity index is 1.58. The van der Waals surface area contributed by atoms with E-state index < -0.39 is 6.10 Å². The van der Waals surface area contributed by atoms with E-state index in [1.807, 2.05) is 24.3 Å². The second-order valence-corrected chi connectivity index (χ2v) is 6.69. The summed E-state index contributed by atoms with van der Waals surface area (Å²) in [6.07, 6.45) is 5.34. The van der Waals surface area contributed by atoms with E-state index in [1.54, 1.807) is 0 Å². The number of carbonyl (C=O) groups excluding carboxylic acids is 1. The lowest BCUT2D eigenvalue weighted by Gasteiger charge is -2.26. The molecule has 1 saturated carbocycles. The number of amides is 1. The van der Waals surface area contributed by atoms with E-state index in [0.29, 0.717) is 17.5 Å². The Morgan fingerprint density at radius 3 is 2.86 bits per heavy atom. The second kappa shape index (κ2) is 6.54. The van der Waals surface area contributed by atoms with Crippen LogP contribution in [0.5, 0.6) is 0 Å². The van der Waals surface area contributed by atoms with Crippen molar-refractivity contribution in [3.8, 4) is 0 Å². The van der Waals surface area contributed by atoms with Crippen LogP contribution < -0.4 is 5.32 Å². The minimum absolute atomic E-state index is 0.189. The third-order valence-corrected chi connectivity index (χ3v) is 5.19. The van der Waals surface area contributed by atoms with Crippen LogP contribution >= 0.6 is 11.3 Å². The summed E-state index contributed by atoms with van der Waals surface area (Å²) in [4.78, 5) is 16.5. The molecule has 0 spiro atoms. The van der Waals surface area contributed by atoms with E-state index in [4.69, 9.17) is 0 Å². The van der Waals surface area contributed by atoms with E-state index >= 15 is 0 Å². The second-order valence-electron chi connectivity index (χ2n) is 5.66. The Morgan fingerprint density at radius 1 is 1.33 bits per heavy atom. The zero-order valence-electron chi connectivity index (χ0n) is 11.9. The van der Waals surface area contributed by atoms with Gasteiger partial charge in [-0.25, -0.2) is 4.98 Å². The highest BCUT2D eigenvalue weighted by atomic mass is 32.1. The first-order valence-corrected chi connectivity index (χ1v) is 8.37.